The maximum absolute atomic E-state index is 13.7. The molecule has 0 radical (unpaired) electrons. The van der Waals surface area contributed by atoms with Crippen molar-refractivity contribution < 1.29 is 14.3 Å². The lowest BCUT2D eigenvalue weighted by Gasteiger charge is -2.16. The second kappa shape index (κ2) is 8.13. The van der Waals surface area contributed by atoms with Crippen molar-refractivity contribution in [1.82, 2.24) is 4.57 Å². The molecule has 0 saturated heterocycles. The first kappa shape index (κ1) is 21.6. The molecule has 0 bridgehead atoms. The second-order valence-electron chi connectivity index (χ2n) is 7.87. The van der Waals surface area contributed by atoms with Crippen LogP contribution in [0.4, 0.5) is 10.1 Å². The molecule has 32 heavy (non-hydrogen) atoms. The lowest BCUT2D eigenvalue weighted by Crippen LogP contribution is -2.04. The largest absolute Gasteiger partial charge is 0.478 e. The van der Waals surface area contributed by atoms with E-state index in [2.05, 4.69) is 0 Å². The lowest BCUT2D eigenvalue weighted by molar-refractivity contribution is 0.0697. The van der Waals surface area contributed by atoms with Gasteiger partial charge in [-0.3, -0.25) is 0 Å². The number of nitrogens with two attached hydrogens (primary N) is 1. The number of nitrogens with one attached hydrogen (secondary N) is 1. The van der Waals surface area contributed by atoms with Crippen LogP contribution in [0.25, 0.3) is 27.7 Å². The molecular formula is C25H21ClFN3O2. The predicted octanol–water partition coefficient (Wildman–Crippen LogP) is 6.49. The van der Waals surface area contributed by atoms with Gasteiger partial charge < -0.3 is 20.8 Å². The monoisotopic (exact) mass is 449 g/mol. The van der Waals surface area contributed by atoms with Crippen LogP contribution in [-0.4, -0.2) is 21.9 Å². The number of carbonyl (C=O) groups is 1. The molecule has 0 fully saturated rings. The van der Waals surface area contributed by atoms with Crippen LogP contribution in [0, 0.1) is 11.2 Å². The highest BCUT2D eigenvalue weighted by molar-refractivity contribution is 6.34. The fourth-order valence-corrected chi connectivity index (χ4v) is 4.34. The molecule has 0 atom stereocenters. The molecule has 1 heterocycles. The molecule has 0 spiro atoms. The number of hydrogen-bond acceptors (Lipinski definition) is 3. The van der Waals surface area contributed by atoms with E-state index in [1.54, 1.807) is 24.3 Å². The Balaban J connectivity index is 2.17. The van der Waals surface area contributed by atoms with Crippen LogP contribution in [0.3, 0.4) is 0 Å². The number of anilines is 1. The van der Waals surface area contributed by atoms with Crippen molar-refractivity contribution in [2.75, 3.05) is 5.73 Å². The molecule has 0 aliphatic carbocycles. The number of carboxylic acids is 1. The van der Waals surface area contributed by atoms with Crippen molar-refractivity contribution in [1.29, 1.82) is 5.41 Å². The Morgan fingerprint density at radius 3 is 2.41 bits per heavy atom. The summed E-state index contributed by atoms with van der Waals surface area (Å²) in [6.07, 6.45) is 1.19. The molecule has 0 saturated carbocycles. The first-order chi connectivity index (χ1) is 15.2. The van der Waals surface area contributed by atoms with Gasteiger partial charge in [-0.1, -0.05) is 31.5 Å². The minimum atomic E-state index is -1.06. The fourth-order valence-electron chi connectivity index (χ4n) is 4.06. The minimum Gasteiger partial charge on any atom is -0.478 e. The Kier molecular flexibility index (Phi) is 5.48. The molecule has 1 aromatic heterocycles. The quantitative estimate of drug-likeness (QED) is 0.240. The summed E-state index contributed by atoms with van der Waals surface area (Å²) in [6, 6.07) is 14.5. The summed E-state index contributed by atoms with van der Waals surface area (Å²) >= 11 is 6.57. The van der Waals surface area contributed by atoms with Crippen molar-refractivity contribution in [3.05, 3.63) is 82.3 Å². The van der Waals surface area contributed by atoms with Gasteiger partial charge in [0.2, 0.25) is 0 Å². The maximum atomic E-state index is 13.7. The molecule has 4 N–H and O–H groups in total. The SMILES string of the molecule is CC(C)c1c(-c2ccc(C(=O)O)cc2Cl)c2cc(N)c(C=N)cc2n1-c1ccc(F)cc1. The molecule has 0 amide bonds. The molecule has 4 aromatic rings. The summed E-state index contributed by atoms with van der Waals surface area (Å²) < 4.78 is 15.7. The van der Waals surface area contributed by atoms with Gasteiger partial charge in [-0.15, -0.1) is 0 Å². The van der Waals surface area contributed by atoms with Gasteiger partial charge in [-0.25, -0.2) is 9.18 Å². The molecule has 5 nitrogen and oxygen atoms in total. The third-order valence-corrected chi connectivity index (χ3v) is 5.79. The second-order valence-corrected chi connectivity index (χ2v) is 8.28. The highest BCUT2D eigenvalue weighted by Gasteiger charge is 2.24. The first-order valence-corrected chi connectivity index (χ1v) is 10.4. The van der Waals surface area contributed by atoms with E-state index in [4.69, 9.17) is 22.7 Å². The maximum Gasteiger partial charge on any atom is 0.335 e. The zero-order chi connectivity index (χ0) is 23.2. The fraction of sp³-hybridized carbons (Fsp3) is 0.120. The Bertz CT molecular complexity index is 1370. The van der Waals surface area contributed by atoms with Crippen LogP contribution in [0.15, 0.2) is 54.6 Å². The van der Waals surface area contributed by atoms with Crippen LogP contribution >= 0.6 is 11.6 Å². The summed E-state index contributed by atoms with van der Waals surface area (Å²) in [6.45, 7) is 4.08. The van der Waals surface area contributed by atoms with E-state index in [-0.39, 0.29) is 17.3 Å². The number of nitrogens with zero attached hydrogens (tertiary/aromatic N) is 1. The molecule has 0 aliphatic rings. The van der Waals surface area contributed by atoms with E-state index in [1.165, 1.54) is 30.5 Å². The van der Waals surface area contributed by atoms with Gasteiger partial charge in [0.1, 0.15) is 5.82 Å². The third-order valence-electron chi connectivity index (χ3n) is 5.48. The molecule has 162 valence electrons. The van der Waals surface area contributed by atoms with Crippen LogP contribution in [0.1, 0.15) is 41.4 Å². The Hall–Kier alpha value is -3.64. The predicted molar refractivity (Wildman–Crippen MR) is 127 cm³/mol. The van der Waals surface area contributed by atoms with Crippen LogP contribution in [0.2, 0.25) is 5.02 Å². The minimum absolute atomic E-state index is 0.0299. The van der Waals surface area contributed by atoms with Gasteiger partial charge in [0, 0.05) is 50.4 Å². The van der Waals surface area contributed by atoms with Crippen LogP contribution in [0.5, 0.6) is 0 Å². The van der Waals surface area contributed by atoms with Crippen molar-refractivity contribution in [2.24, 2.45) is 0 Å². The summed E-state index contributed by atoms with van der Waals surface area (Å²) in [4.78, 5) is 11.4. The van der Waals surface area contributed by atoms with Crippen molar-refractivity contribution in [3.63, 3.8) is 0 Å². The molecule has 7 heteroatoms. The number of benzene rings is 3. The van der Waals surface area contributed by atoms with Crippen molar-refractivity contribution in [2.45, 2.75) is 19.8 Å². The Morgan fingerprint density at radius 1 is 1.16 bits per heavy atom. The van der Waals surface area contributed by atoms with Gasteiger partial charge in [-0.2, -0.15) is 0 Å². The zero-order valence-electron chi connectivity index (χ0n) is 17.5. The summed E-state index contributed by atoms with van der Waals surface area (Å²) in [5, 5.41) is 18.2. The average Bonchev–Trinajstić information content (AvgIpc) is 3.07. The number of hydrogen-bond donors (Lipinski definition) is 3. The summed E-state index contributed by atoms with van der Waals surface area (Å²) in [7, 11) is 0. The molecular weight excluding hydrogens is 429 g/mol. The highest BCUT2D eigenvalue weighted by atomic mass is 35.5. The number of rotatable bonds is 5. The van der Waals surface area contributed by atoms with E-state index < -0.39 is 5.97 Å². The number of halogens is 2. The van der Waals surface area contributed by atoms with Gasteiger partial charge in [-0.05, 0) is 54.4 Å². The van der Waals surface area contributed by atoms with E-state index in [0.717, 1.165) is 27.8 Å². The number of fused-ring (bicyclic) bond motifs is 1. The van der Waals surface area contributed by atoms with E-state index >= 15 is 0 Å². The van der Waals surface area contributed by atoms with Gasteiger partial charge in [0.25, 0.3) is 0 Å². The topological polar surface area (TPSA) is 92.1 Å². The van der Waals surface area contributed by atoms with Crippen LogP contribution < -0.4 is 5.73 Å². The number of carboxylic acid groups (broad SMARTS) is 1. The number of nitrogen functional groups attached to an aromatic ring is 1. The van der Waals surface area contributed by atoms with Gasteiger partial charge in [0.15, 0.2) is 0 Å². The standard InChI is InChI=1S/C25H21ClFN3O2/c1-13(2)24-23(18-8-3-14(25(31)32)9-20(18)26)19-11-21(29)15(12-28)10-22(19)30(24)17-6-4-16(27)5-7-17/h3-13,28H,29H2,1-2H3,(H,31,32). The third kappa shape index (κ3) is 3.52. The Morgan fingerprint density at radius 2 is 1.84 bits per heavy atom. The van der Waals surface area contributed by atoms with Crippen molar-refractivity contribution in [3.8, 4) is 16.8 Å². The molecule has 4 rings (SSSR count). The highest BCUT2D eigenvalue weighted by Crippen LogP contribution is 2.44. The molecule has 0 aliphatic heterocycles. The summed E-state index contributed by atoms with van der Waals surface area (Å²) in [5.41, 5.74) is 11.3. The summed E-state index contributed by atoms with van der Waals surface area (Å²) in [5.74, 6) is -1.37. The smallest absolute Gasteiger partial charge is 0.335 e. The van der Waals surface area contributed by atoms with Gasteiger partial charge >= 0.3 is 5.97 Å². The first-order valence-electron chi connectivity index (χ1n) is 10.0. The average molecular weight is 450 g/mol. The van der Waals surface area contributed by atoms with Crippen LogP contribution in [-0.2, 0) is 0 Å². The van der Waals surface area contributed by atoms with Crippen molar-refractivity contribution >= 4 is 40.4 Å². The molecule has 3 aromatic carbocycles. The van der Waals surface area contributed by atoms with E-state index in [0.29, 0.717) is 21.8 Å². The van der Waals surface area contributed by atoms with E-state index in [9.17, 15) is 14.3 Å². The lowest BCUT2D eigenvalue weighted by atomic mass is 9.95. The Labute approximate surface area is 189 Å². The number of aromatic carboxylic acids is 1. The van der Waals surface area contributed by atoms with E-state index in [1.807, 2.05) is 24.5 Å². The molecule has 0 unspecified atom stereocenters. The van der Waals surface area contributed by atoms with Gasteiger partial charge in [0.05, 0.1) is 11.1 Å². The zero-order valence-corrected chi connectivity index (χ0v) is 18.2. The normalized spacial score (nSPS) is 11.3. The number of aromatic nitrogens is 1.